The Hall–Kier alpha value is -0.800. The van der Waals surface area contributed by atoms with E-state index in [4.69, 9.17) is 5.73 Å². The molecule has 0 atom stereocenters. The van der Waals surface area contributed by atoms with Gasteiger partial charge in [0.15, 0.2) is 0 Å². The van der Waals surface area contributed by atoms with E-state index in [9.17, 15) is 0 Å². The number of aromatic nitrogens is 1. The van der Waals surface area contributed by atoms with E-state index < -0.39 is 0 Å². The van der Waals surface area contributed by atoms with E-state index in [0.717, 1.165) is 13.0 Å². The normalized spacial score (nSPS) is 15.4. The SMILES string of the molecule is Cc1c(Br)c2cc(C(C)(C)N)cc3c2n1CCC3. The van der Waals surface area contributed by atoms with Gasteiger partial charge in [-0.1, -0.05) is 6.07 Å². The lowest BCUT2D eigenvalue weighted by Gasteiger charge is -2.23. The summed E-state index contributed by atoms with van der Waals surface area (Å²) in [5, 5.41) is 1.32. The summed E-state index contributed by atoms with van der Waals surface area (Å²) < 4.78 is 3.66. The van der Waals surface area contributed by atoms with Crippen LogP contribution in [0.3, 0.4) is 0 Å². The van der Waals surface area contributed by atoms with Gasteiger partial charge in [0.25, 0.3) is 0 Å². The van der Waals surface area contributed by atoms with Gasteiger partial charge < -0.3 is 10.3 Å². The van der Waals surface area contributed by atoms with Crippen LogP contribution in [0.5, 0.6) is 0 Å². The zero-order chi connectivity index (χ0) is 13.1. The summed E-state index contributed by atoms with van der Waals surface area (Å²) in [7, 11) is 0. The monoisotopic (exact) mass is 306 g/mol. The summed E-state index contributed by atoms with van der Waals surface area (Å²) >= 11 is 3.74. The zero-order valence-corrected chi connectivity index (χ0v) is 12.8. The minimum Gasteiger partial charge on any atom is -0.343 e. The highest BCUT2D eigenvalue weighted by atomic mass is 79.9. The Balaban J connectivity index is 2.40. The van der Waals surface area contributed by atoms with Gasteiger partial charge in [-0.2, -0.15) is 0 Å². The van der Waals surface area contributed by atoms with Crippen LogP contribution in [0.4, 0.5) is 0 Å². The predicted molar refractivity (Wildman–Crippen MR) is 79.9 cm³/mol. The van der Waals surface area contributed by atoms with Crippen molar-refractivity contribution in [3.63, 3.8) is 0 Å². The Morgan fingerprint density at radius 3 is 2.72 bits per heavy atom. The Labute approximate surface area is 116 Å². The minimum absolute atomic E-state index is 0.280. The van der Waals surface area contributed by atoms with Crippen molar-refractivity contribution in [2.45, 2.75) is 45.7 Å². The van der Waals surface area contributed by atoms with Gasteiger partial charge in [0.1, 0.15) is 0 Å². The Kier molecular flexibility index (Phi) is 2.62. The van der Waals surface area contributed by atoms with E-state index in [2.05, 4.69) is 53.4 Å². The van der Waals surface area contributed by atoms with E-state index >= 15 is 0 Å². The third-order valence-corrected chi connectivity index (χ3v) is 4.99. The average molecular weight is 307 g/mol. The highest BCUT2D eigenvalue weighted by molar-refractivity contribution is 9.10. The van der Waals surface area contributed by atoms with Crippen molar-refractivity contribution in [2.75, 3.05) is 0 Å². The fraction of sp³-hybridized carbons (Fsp3) is 0.467. The number of rotatable bonds is 1. The first-order valence-electron chi connectivity index (χ1n) is 6.50. The molecule has 3 rings (SSSR count). The van der Waals surface area contributed by atoms with Crippen molar-refractivity contribution in [1.29, 1.82) is 0 Å². The lowest BCUT2D eigenvalue weighted by Crippen LogP contribution is -2.28. The van der Waals surface area contributed by atoms with Crippen molar-refractivity contribution in [3.8, 4) is 0 Å². The maximum atomic E-state index is 6.26. The molecule has 2 nitrogen and oxygen atoms in total. The average Bonchev–Trinajstić information content (AvgIpc) is 2.56. The summed E-state index contributed by atoms with van der Waals surface area (Å²) in [5.74, 6) is 0. The Bertz CT molecular complexity index is 632. The summed E-state index contributed by atoms with van der Waals surface area (Å²) in [6.07, 6.45) is 2.38. The first-order chi connectivity index (χ1) is 8.39. The van der Waals surface area contributed by atoms with Crippen LogP contribution in [0.2, 0.25) is 0 Å². The number of benzene rings is 1. The second-order valence-electron chi connectivity index (χ2n) is 5.91. The fourth-order valence-corrected chi connectivity index (χ4v) is 3.45. The van der Waals surface area contributed by atoms with E-state index in [1.807, 2.05) is 0 Å². The number of aryl methyl sites for hydroxylation is 2. The molecule has 0 unspecified atom stereocenters. The molecule has 1 aliphatic heterocycles. The van der Waals surface area contributed by atoms with E-state index in [1.165, 1.54) is 38.6 Å². The minimum atomic E-state index is -0.280. The Morgan fingerprint density at radius 1 is 1.33 bits per heavy atom. The molecule has 1 aromatic heterocycles. The van der Waals surface area contributed by atoms with Gasteiger partial charge in [0, 0.05) is 27.6 Å². The summed E-state index contributed by atoms with van der Waals surface area (Å²) in [5.41, 5.74) is 11.4. The summed E-state index contributed by atoms with van der Waals surface area (Å²) in [6.45, 7) is 7.46. The van der Waals surface area contributed by atoms with Gasteiger partial charge in [-0.05, 0) is 66.7 Å². The molecule has 0 bridgehead atoms. The highest BCUT2D eigenvalue weighted by Gasteiger charge is 2.23. The largest absolute Gasteiger partial charge is 0.343 e. The molecule has 0 fully saturated rings. The van der Waals surface area contributed by atoms with Gasteiger partial charge in [-0.25, -0.2) is 0 Å². The van der Waals surface area contributed by atoms with Crippen molar-refractivity contribution in [2.24, 2.45) is 5.73 Å². The van der Waals surface area contributed by atoms with Gasteiger partial charge in [0.2, 0.25) is 0 Å². The number of hydrogen-bond donors (Lipinski definition) is 1. The molecule has 3 heteroatoms. The molecule has 0 amide bonds. The topological polar surface area (TPSA) is 30.9 Å². The molecular weight excluding hydrogens is 288 g/mol. The highest BCUT2D eigenvalue weighted by Crippen LogP contribution is 2.38. The van der Waals surface area contributed by atoms with Crippen LogP contribution in [0.25, 0.3) is 10.9 Å². The molecular formula is C15H19BrN2. The second kappa shape index (κ2) is 3.84. The third-order valence-electron chi connectivity index (χ3n) is 3.99. The lowest BCUT2D eigenvalue weighted by molar-refractivity contribution is 0.552. The maximum absolute atomic E-state index is 6.26. The first-order valence-corrected chi connectivity index (χ1v) is 7.29. The molecule has 2 aromatic rings. The van der Waals surface area contributed by atoms with Gasteiger partial charge in [-0.15, -0.1) is 0 Å². The molecule has 2 N–H and O–H groups in total. The van der Waals surface area contributed by atoms with Crippen molar-refractivity contribution < 1.29 is 0 Å². The number of halogens is 1. The van der Waals surface area contributed by atoms with Crippen molar-refractivity contribution in [1.82, 2.24) is 4.57 Å². The molecule has 0 spiro atoms. The maximum Gasteiger partial charge on any atom is 0.0526 e. The molecule has 1 aliphatic rings. The standard InChI is InChI=1S/C15H19BrN2/c1-9-13(16)12-8-11(15(2,3)17)7-10-5-4-6-18(9)14(10)12/h7-8H,4-6,17H2,1-3H3. The first kappa shape index (κ1) is 12.2. The summed E-state index contributed by atoms with van der Waals surface area (Å²) in [6, 6.07) is 4.54. The smallest absolute Gasteiger partial charge is 0.0526 e. The molecule has 1 aromatic carbocycles. The number of hydrogen-bond acceptors (Lipinski definition) is 1. The molecule has 2 heterocycles. The van der Waals surface area contributed by atoms with Crippen LogP contribution in [-0.2, 0) is 18.5 Å². The zero-order valence-electron chi connectivity index (χ0n) is 11.2. The quantitative estimate of drug-likeness (QED) is 0.852. The number of nitrogens with zero attached hydrogens (tertiary/aromatic N) is 1. The van der Waals surface area contributed by atoms with Crippen LogP contribution in [0, 0.1) is 6.92 Å². The summed E-state index contributed by atoms with van der Waals surface area (Å²) in [4.78, 5) is 0. The molecule has 0 radical (unpaired) electrons. The molecule has 96 valence electrons. The molecule has 0 aliphatic carbocycles. The van der Waals surface area contributed by atoms with Crippen LogP contribution in [-0.4, -0.2) is 4.57 Å². The van der Waals surface area contributed by atoms with Crippen molar-refractivity contribution in [3.05, 3.63) is 33.4 Å². The number of nitrogens with two attached hydrogens (primary N) is 1. The van der Waals surface area contributed by atoms with Crippen LogP contribution in [0.1, 0.15) is 37.1 Å². The van der Waals surface area contributed by atoms with Gasteiger partial charge in [0.05, 0.1) is 5.52 Å². The van der Waals surface area contributed by atoms with E-state index in [1.54, 1.807) is 0 Å². The Morgan fingerprint density at radius 2 is 2.06 bits per heavy atom. The van der Waals surface area contributed by atoms with Crippen LogP contribution >= 0.6 is 15.9 Å². The fourth-order valence-electron chi connectivity index (χ4n) is 2.93. The van der Waals surface area contributed by atoms with Crippen LogP contribution < -0.4 is 5.73 Å². The lowest BCUT2D eigenvalue weighted by atomic mass is 9.90. The predicted octanol–water partition coefficient (Wildman–Crippen LogP) is 3.85. The molecule has 18 heavy (non-hydrogen) atoms. The molecule has 0 saturated heterocycles. The van der Waals surface area contributed by atoms with Gasteiger partial charge in [-0.3, -0.25) is 0 Å². The third kappa shape index (κ3) is 1.64. The van der Waals surface area contributed by atoms with Crippen molar-refractivity contribution >= 4 is 26.8 Å². The molecule has 0 saturated carbocycles. The van der Waals surface area contributed by atoms with E-state index in [-0.39, 0.29) is 5.54 Å². The van der Waals surface area contributed by atoms with Crippen LogP contribution in [0.15, 0.2) is 16.6 Å². The van der Waals surface area contributed by atoms with Gasteiger partial charge >= 0.3 is 0 Å². The van der Waals surface area contributed by atoms with E-state index in [0.29, 0.717) is 0 Å². The second-order valence-corrected chi connectivity index (χ2v) is 6.70.